The monoisotopic (exact) mass is 293 g/mol. The molecule has 0 aliphatic carbocycles. The number of ketones is 1. The van der Waals surface area contributed by atoms with Crippen molar-refractivity contribution >= 4 is 21.7 Å². The smallest absolute Gasteiger partial charge is 0.154 e. The van der Waals surface area contributed by atoms with Crippen LogP contribution in [0.2, 0.25) is 0 Å². The van der Waals surface area contributed by atoms with Gasteiger partial charge in [-0.15, -0.1) is 0 Å². The Morgan fingerprint density at radius 1 is 1.53 bits per heavy atom. The van der Waals surface area contributed by atoms with E-state index in [0.29, 0.717) is 12.3 Å². The molecule has 0 heterocycles. The molecule has 0 bridgehead atoms. The number of benzene rings is 1. The Hall–Kier alpha value is -1.14. The van der Waals surface area contributed by atoms with Crippen molar-refractivity contribution in [3.8, 4) is 6.07 Å². The first-order chi connectivity index (χ1) is 8.08. The highest BCUT2D eigenvalue weighted by atomic mass is 79.9. The highest BCUT2D eigenvalue weighted by molar-refractivity contribution is 9.10. The summed E-state index contributed by atoms with van der Waals surface area (Å²) < 4.78 is 0.895. The molecule has 0 amide bonds. The minimum absolute atomic E-state index is 0.0138. The van der Waals surface area contributed by atoms with Crippen molar-refractivity contribution in [2.75, 3.05) is 0 Å². The molecular weight excluding hydrogens is 278 g/mol. The van der Waals surface area contributed by atoms with Crippen LogP contribution in [-0.4, -0.2) is 5.78 Å². The Balaban J connectivity index is 2.86. The summed E-state index contributed by atoms with van der Waals surface area (Å²) in [7, 11) is 0. The average Bonchev–Trinajstić information content (AvgIpc) is 2.30. The highest BCUT2D eigenvalue weighted by Crippen LogP contribution is 2.23. The molecule has 0 saturated heterocycles. The lowest BCUT2D eigenvalue weighted by molar-refractivity contribution is -0.120. The lowest BCUT2D eigenvalue weighted by atomic mass is 9.90. The highest BCUT2D eigenvalue weighted by Gasteiger charge is 2.21. The zero-order chi connectivity index (χ0) is 12.8. The van der Waals surface area contributed by atoms with Crippen LogP contribution in [0.1, 0.15) is 38.2 Å². The van der Waals surface area contributed by atoms with Gasteiger partial charge in [0.1, 0.15) is 5.92 Å². The third-order valence-electron chi connectivity index (χ3n) is 2.88. The third-order valence-corrected chi connectivity index (χ3v) is 3.37. The fraction of sp³-hybridized carbons (Fsp3) is 0.429. The van der Waals surface area contributed by atoms with Gasteiger partial charge in [-0.1, -0.05) is 48.3 Å². The van der Waals surface area contributed by atoms with Crippen molar-refractivity contribution in [1.82, 2.24) is 0 Å². The molecule has 0 N–H and O–H groups in total. The van der Waals surface area contributed by atoms with E-state index in [2.05, 4.69) is 28.9 Å². The number of halogens is 1. The second kappa shape index (κ2) is 6.56. The van der Waals surface area contributed by atoms with E-state index in [1.807, 2.05) is 31.2 Å². The maximum atomic E-state index is 12.0. The van der Waals surface area contributed by atoms with Gasteiger partial charge in [0.15, 0.2) is 5.78 Å². The number of nitriles is 1. The number of Topliss-reactive ketones (excluding diaryl/α,β-unsaturated/α-hetero) is 1. The lowest BCUT2D eigenvalue weighted by Crippen LogP contribution is -2.14. The normalized spacial score (nSPS) is 13.8. The van der Waals surface area contributed by atoms with E-state index >= 15 is 0 Å². The van der Waals surface area contributed by atoms with Gasteiger partial charge in [-0.25, -0.2) is 0 Å². The Kier molecular flexibility index (Phi) is 5.37. The summed E-state index contributed by atoms with van der Waals surface area (Å²) in [5.74, 6) is -0.285. The zero-order valence-corrected chi connectivity index (χ0v) is 11.7. The van der Waals surface area contributed by atoms with Crippen molar-refractivity contribution in [1.29, 1.82) is 5.26 Å². The van der Waals surface area contributed by atoms with E-state index in [0.717, 1.165) is 16.5 Å². The molecule has 0 radical (unpaired) electrons. The van der Waals surface area contributed by atoms with Gasteiger partial charge in [-0.2, -0.15) is 5.26 Å². The van der Waals surface area contributed by atoms with Crippen LogP contribution in [0.5, 0.6) is 0 Å². The summed E-state index contributed by atoms with van der Waals surface area (Å²) in [5, 5.41) is 9.14. The first-order valence-electron chi connectivity index (χ1n) is 5.76. The molecule has 1 aromatic rings. The molecule has 90 valence electrons. The molecule has 0 fully saturated rings. The quantitative estimate of drug-likeness (QED) is 0.821. The van der Waals surface area contributed by atoms with E-state index in [1.165, 1.54) is 0 Å². The molecule has 3 heteroatoms. The van der Waals surface area contributed by atoms with Gasteiger partial charge in [0.05, 0.1) is 6.07 Å². The van der Waals surface area contributed by atoms with E-state index in [9.17, 15) is 4.79 Å². The van der Waals surface area contributed by atoms with Crippen LogP contribution in [0, 0.1) is 17.2 Å². The van der Waals surface area contributed by atoms with Crippen LogP contribution in [0.3, 0.4) is 0 Å². The van der Waals surface area contributed by atoms with Crippen molar-refractivity contribution in [2.45, 2.75) is 32.6 Å². The van der Waals surface area contributed by atoms with Crippen molar-refractivity contribution < 1.29 is 4.79 Å². The molecule has 0 aromatic heterocycles. The first-order valence-corrected chi connectivity index (χ1v) is 6.55. The van der Waals surface area contributed by atoms with Gasteiger partial charge in [0.25, 0.3) is 0 Å². The van der Waals surface area contributed by atoms with Crippen LogP contribution in [0.4, 0.5) is 0 Å². The van der Waals surface area contributed by atoms with Gasteiger partial charge in [-0.05, 0) is 23.6 Å². The Bertz CT molecular complexity index is 436. The molecule has 0 saturated carbocycles. The molecular formula is C14H16BrNO. The summed E-state index contributed by atoms with van der Waals surface area (Å²) >= 11 is 3.35. The summed E-state index contributed by atoms with van der Waals surface area (Å²) in [6, 6.07) is 9.50. The molecule has 1 rings (SSSR count). The third kappa shape index (κ3) is 3.98. The number of hydrogen-bond acceptors (Lipinski definition) is 2. The Labute approximate surface area is 111 Å². The van der Waals surface area contributed by atoms with Crippen LogP contribution >= 0.6 is 15.9 Å². The van der Waals surface area contributed by atoms with Crippen molar-refractivity contribution in [3.05, 3.63) is 34.3 Å². The second-order valence-electron chi connectivity index (χ2n) is 4.30. The van der Waals surface area contributed by atoms with E-state index in [1.54, 1.807) is 0 Å². The number of rotatable bonds is 5. The minimum Gasteiger partial charge on any atom is -0.298 e. The van der Waals surface area contributed by atoms with E-state index in [4.69, 9.17) is 5.26 Å². The number of nitrogens with zero attached hydrogens (tertiary/aromatic N) is 1. The van der Waals surface area contributed by atoms with Crippen LogP contribution < -0.4 is 0 Å². The molecule has 2 atom stereocenters. The van der Waals surface area contributed by atoms with Gasteiger partial charge in [-0.3, -0.25) is 4.79 Å². The zero-order valence-electron chi connectivity index (χ0n) is 10.1. The fourth-order valence-corrected chi connectivity index (χ4v) is 2.04. The van der Waals surface area contributed by atoms with E-state index in [-0.39, 0.29) is 5.78 Å². The lowest BCUT2D eigenvalue weighted by Gasteiger charge is -2.12. The predicted molar refractivity (Wildman–Crippen MR) is 71.6 cm³/mol. The Morgan fingerprint density at radius 3 is 2.76 bits per heavy atom. The average molecular weight is 294 g/mol. The molecule has 2 nitrogen and oxygen atoms in total. The minimum atomic E-state index is -0.638. The van der Waals surface area contributed by atoms with Gasteiger partial charge < -0.3 is 0 Å². The molecule has 0 aliphatic heterocycles. The maximum absolute atomic E-state index is 12.0. The van der Waals surface area contributed by atoms with Crippen molar-refractivity contribution in [3.63, 3.8) is 0 Å². The van der Waals surface area contributed by atoms with Gasteiger partial charge >= 0.3 is 0 Å². The largest absolute Gasteiger partial charge is 0.298 e. The Morgan fingerprint density at radius 2 is 2.24 bits per heavy atom. The van der Waals surface area contributed by atoms with Gasteiger partial charge in [0, 0.05) is 10.9 Å². The molecule has 0 aliphatic rings. The SMILES string of the molecule is CCC(C)CC(=O)C(C#N)c1cccc(Br)c1. The van der Waals surface area contributed by atoms with Gasteiger partial charge in [0.2, 0.25) is 0 Å². The van der Waals surface area contributed by atoms with Crippen LogP contribution in [0.15, 0.2) is 28.7 Å². The fourth-order valence-electron chi connectivity index (χ4n) is 1.62. The summed E-state index contributed by atoms with van der Waals surface area (Å²) in [6.45, 7) is 4.09. The summed E-state index contributed by atoms with van der Waals surface area (Å²) in [4.78, 5) is 12.0. The second-order valence-corrected chi connectivity index (χ2v) is 5.22. The molecule has 2 unspecified atom stereocenters. The van der Waals surface area contributed by atoms with Crippen LogP contribution in [0.25, 0.3) is 0 Å². The summed E-state index contributed by atoms with van der Waals surface area (Å²) in [6.07, 6.45) is 1.43. The number of carbonyl (C=O) groups excluding carboxylic acids is 1. The first kappa shape index (κ1) is 13.9. The number of hydrogen-bond donors (Lipinski definition) is 0. The summed E-state index contributed by atoms with van der Waals surface area (Å²) in [5.41, 5.74) is 0.773. The topological polar surface area (TPSA) is 40.9 Å². The van der Waals surface area contributed by atoms with Crippen molar-refractivity contribution in [2.24, 2.45) is 5.92 Å². The van der Waals surface area contributed by atoms with Crippen LogP contribution in [-0.2, 0) is 4.79 Å². The standard InChI is InChI=1S/C14H16BrNO/c1-3-10(2)7-14(17)13(9-16)11-5-4-6-12(15)8-11/h4-6,8,10,13H,3,7H2,1-2H3. The van der Waals surface area contributed by atoms with E-state index < -0.39 is 5.92 Å². The maximum Gasteiger partial charge on any atom is 0.154 e. The predicted octanol–water partition coefficient (Wildman–Crippen LogP) is 4.06. The molecule has 0 spiro atoms. The molecule has 1 aromatic carbocycles. The molecule has 17 heavy (non-hydrogen) atoms. The number of carbonyl (C=O) groups is 1.